The average molecular weight is 249 g/mol. The molecule has 4 heteroatoms. The molecule has 1 heterocycles. The molecule has 2 rings (SSSR count). The topological polar surface area (TPSA) is 61.0 Å². The highest BCUT2D eigenvalue weighted by Crippen LogP contribution is 2.42. The van der Waals surface area contributed by atoms with Gasteiger partial charge in [0.2, 0.25) is 5.88 Å². The van der Waals surface area contributed by atoms with Crippen LogP contribution in [-0.4, -0.2) is 17.1 Å². The van der Waals surface area contributed by atoms with Gasteiger partial charge in [-0.1, -0.05) is 26.7 Å². The van der Waals surface area contributed by atoms with E-state index in [9.17, 15) is 0 Å². The number of aromatic nitrogens is 2. The zero-order valence-corrected chi connectivity index (χ0v) is 11.5. The fourth-order valence-corrected chi connectivity index (χ4v) is 2.95. The van der Waals surface area contributed by atoms with Crippen LogP contribution in [0.4, 0.5) is 0 Å². The molecule has 2 N–H and O–H groups in total. The van der Waals surface area contributed by atoms with Gasteiger partial charge in [0.1, 0.15) is 5.69 Å². The van der Waals surface area contributed by atoms with Gasteiger partial charge in [-0.3, -0.25) is 4.98 Å². The molecule has 100 valence electrons. The van der Waals surface area contributed by atoms with E-state index < -0.39 is 0 Å². The predicted octanol–water partition coefficient (Wildman–Crippen LogP) is 2.49. The smallest absolute Gasteiger partial charge is 0.237 e. The summed E-state index contributed by atoms with van der Waals surface area (Å²) in [7, 11) is 1.62. The summed E-state index contributed by atoms with van der Waals surface area (Å²) in [5, 5.41) is 0. The minimum atomic E-state index is -0.382. The van der Waals surface area contributed by atoms with E-state index in [1.165, 1.54) is 6.42 Å². The second kappa shape index (κ2) is 5.22. The molecular weight excluding hydrogens is 226 g/mol. The van der Waals surface area contributed by atoms with Gasteiger partial charge in [0.15, 0.2) is 0 Å². The molecule has 1 saturated carbocycles. The summed E-state index contributed by atoms with van der Waals surface area (Å²) >= 11 is 0. The highest BCUT2D eigenvalue weighted by Gasteiger charge is 2.38. The van der Waals surface area contributed by atoms with Crippen LogP contribution >= 0.6 is 0 Å². The van der Waals surface area contributed by atoms with Crippen molar-refractivity contribution in [1.82, 2.24) is 9.97 Å². The number of hydrogen-bond acceptors (Lipinski definition) is 4. The van der Waals surface area contributed by atoms with Crippen LogP contribution in [0, 0.1) is 11.8 Å². The van der Waals surface area contributed by atoms with Crippen molar-refractivity contribution in [3.05, 3.63) is 18.1 Å². The van der Waals surface area contributed by atoms with E-state index in [2.05, 4.69) is 23.8 Å². The zero-order chi connectivity index (χ0) is 13.2. The molecule has 4 nitrogen and oxygen atoms in total. The fourth-order valence-electron chi connectivity index (χ4n) is 2.95. The fraction of sp³-hybridized carbons (Fsp3) is 0.714. The quantitative estimate of drug-likeness (QED) is 0.894. The lowest BCUT2D eigenvalue weighted by atomic mass is 9.71. The zero-order valence-electron chi connectivity index (χ0n) is 11.5. The first-order valence-corrected chi connectivity index (χ1v) is 6.71. The minimum absolute atomic E-state index is 0.382. The SMILES string of the molecule is COc1nccnc1C1(N)CCCC(C(C)C)C1. The summed E-state index contributed by atoms with van der Waals surface area (Å²) in [6, 6.07) is 0. The summed E-state index contributed by atoms with van der Waals surface area (Å²) in [5.41, 5.74) is 7.04. The molecule has 1 aliphatic carbocycles. The molecule has 0 amide bonds. The normalized spacial score (nSPS) is 28.4. The standard InChI is InChI=1S/C14H23N3O/c1-10(2)11-5-4-6-14(15,9-11)12-13(18-3)17-8-7-16-12/h7-8,10-11H,4-6,9,15H2,1-3H3. The second-order valence-electron chi connectivity index (χ2n) is 5.67. The van der Waals surface area contributed by atoms with Crippen molar-refractivity contribution in [1.29, 1.82) is 0 Å². The molecule has 2 atom stereocenters. The van der Waals surface area contributed by atoms with Gasteiger partial charge in [-0.2, -0.15) is 0 Å². The summed E-state index contributed by atoms with van der Waals surface area (Å²) < 4.78 is 5.31. The molecular formula is C14H23N3O. The van der Waals surface area contributed by atoms with E-state index >= 15 is 0 Å². The van der Waals surface area contributed by atoms with Crippen molar-refractivity contribution in [3.8, 4) is 5.88 Å². The van der Waals surface area contributed by atoms with Crippen molar-refractivity contribution >= 4 is 0 Å². The first kappa shape index (κ1) is 13.3. The van der Waals surface area contributed by atoms with E-state index in [1.807, 2.05) is 0 Å². The Morgan fingerprint density at radius 1 is 1.39 bits per heavy atom. The van der Waals surface area contributed by atoms with Crippen molar-refractivity contribution in [2.75, 3.05) is 7.11 Å². The second-order valence-corrected chi connectivity index (χ2v) is 5.67. The summed E-state index contributed by atoms with van der Waals surface area (Å²) in [6.07, 6.45) is 7.70. The van der Waals surface area contributed by atoms with Crippen LogP contribution in [0.5, 0.6) is 5.88 Å². The van der Waals surface area contributed by atoms with E-state index in [0.29, 0.717) is 17.7 Å². The Balaban J connectivity index is 2.29. The monoisotopic (exact) mass is 249 g/mol. The van der Waals surface area contributed by atoms with E-state index in [1.54, 1.807) is 19.5 Å². The van der Waals surface area contributed by atoms with Crippen molar-refractivity contribution < 1.29 is 4.74 Å². The molecule has 0 spiro atoms. The van der Waals surface area contributed by atoms with E-state index in [-0.39, 0.29) is 5.54 Å². The first-order valence-electron chi connectivity index (χ1n) is 6.71. The Morgan fingerprint density at radius 2 is 2.11 bits per heavy atom. The highest BCUT2D eigenvalue weighted by molar-refractivity contribution is 5.26. The molecule has 1 aromatic heterocycles. The van der Waals surface area contributed by atoms with Crippen molar-refractivity contribution in [2.45, 2.75) is 45.1 Å². The van der Waals surface area contributed by atoms with Crippen LogP contribution in [0.25, 0.3) is 0 Å². The van der Waals surface area contributed by atoms with Gasteiger partial charge >= 0.3 is 0 Å². The molecule has 1 aromatic rings. The summed E-state index contributed by atoms with van der Waals surface area (Å²) in [4.78, 5) is 8.65. The summed E-state index contributed by atoms with van der Waals surface area (Å²) in [5.74, 6) is 1.90. The molecule has 0 bridgehead atoms. The Hall–Kier alpha value is -1.16. The van der Waals surface area contributed by atoms with Gasteiger partial charge in [0.25, 0.3) is 0 Å². The van der Waals surface area contributed by atoms with Crippen LogP contribution in [0.15, 0.2) is 12.4 Å². The van der Waals surface area contributed by atoms with Gasteiger partial charge in [0, 0.05) is 12.4 Å². The minimum Gasteiger partial charge on any atom is -0.480 e. The average Bonchev–Trinajstić information content (AvgIpc) is 2.38. The van der Waals surface area contributed by atoms with Gasteiger partial charge in [-0.05, 0) is 24.7 Å². The van der Waals surface area contributed by atoms with E-state index in [4.69, 9.17) is 10.5 Å². The molecule has 2 unspecified atom stereocenters. The number of nitrogens with two attached hydrogens (primary N) is 1. The third-order valence-corrected chi connectivity index (χ3v) is 4.10. The third kappa shape index (κ3) is 2.48. The van der Waals surface area contributed by atoms with Crippen molar-refractivity contribution in [3.63, 3.8) is 0 Å². The predicted molar refractivity (Wildman–Crippen MR) is 71.2 cm³/mol. The number of rotatable bonds is 3. The highest BCUT2D eigenvalue weighted by atomic mass is 16.5. The Labute approximate surface area is 109 Å². The lowest BCUT2D eigenvalue weighted by molar-refractivity contribution is 0.175. The van der Waals surface area contributed by atoms with Crippen molar-refractivity contribution in [2.24, 2.45) is 17.6 Å². The van der Waals surface area contributed by atoms with Gasteiger partial charge in [-0.15, -0.1) is 0 Å². The van der Waals surface area contributed by atoms with Gasteiger partial charge in [-0.25, -0.2) is 4.98 Å². The third-order valence-electron chi connectivity index (χ3n) is 4.10. The van der Waals surface area contributed by atoms with Crippen LogP contribution < -0.4 is 10.5 Å². The Bertz CT molecular complexity index is 408. The van der Waals surface area contributed by atoms with Gasteiger partial charge < -0.3 is 10.5 Å². The van der Waals surface area contributed by atoms with E-state index in [0.717, 1.165) is 25.0 Å². The van der Waals surface area contributed by atoms with Gasteiger partial charge in [0.05, 0.1) is 12.6 Å². The maximum atomic E-state index is 6.60. The maximum Gasteiger partial charge on any atom is 0.237 e. The van der Waals surface area contributed by atoms with Crippen LogP contribution in [-0.2, 0) is 5.54 Å². The van der Waals surface area contributed by atoms with Crippen LogP contribution in [0.2, 0.25) is 0 Å². The maximum absolute atomic E-state index is 6.60. The number of ether oxygens (including phenoxy) is 1. The summed E-state index contributed by atoms with van der Waals surface area (Å²) in [6.45, 7) is 4.54. The molecule has 1 aliphatic rings. The lowest BCUT2D eigenvalue weighted by Gasteiger charge is -2.39. The van der Waals surface area contributed by atoms with Crippen LogP contribution in [0.1, 0.15) is 45.2 Å². The Kier molecular flexibility index (Phi) is 3.85. The largest absolute Gasteiger partial charge is 0.480 e. The first-order chi connectivity index (χ1) is 8.57. The molecule has 0 saturated heterocycles. The lowest BCUT2D eigenvalue weighted by Crippen LogP contribution is -2.43. The Morgan fingerprint density at radius 3 is 2.78 bits per heavy atom. The number of nitrogens with zero attached hydrogens (tertiary/aromatic N) is 2. The molecule has 0 radical (unpaired) electrons. The molecule has 1 fully saturated rings. The molecule has 0 aliphatic heterocycles. The van der Waals surface area contributed by atoms with Crippen LogP contribution in [0.3, 0.4) is 0 Å². The molecule has 18 heavy (non-hydrogen) atoms. The molecule has 0 aromatic carbocycles. The number of hydrogen-bond donors (Lipinski definition) is 1. The number of methoxy groups -OCH3 is 1.